The average Bonchev–Trinajstić information content (AvgIpc) is 3.10. The van der Waals surface area contributed by atoms with E-state index < -0.39 is 10.8 Å². The number of halogens is 1. The van der Waals surface area contributed by atoms with Gasteiger partial charge >= 0.3 is 0 Å². The maximum atomic E-state index is 12.6. The van der Waals surface area contributed by atoms with Crippen LogP contribution in [0.2, 0.25) is 5.02 Å². The number of benzene rings is 2. The van der Waals surface area contributed by atoms with E-state index in [9.17, 15) is 14.9 Å². The Hall–Kier alpha value is -3.12. The van der Waals surface area contributed by atoms with E-state index in [2.05, 4.69) is 5.32 Å². The Labute approximate surface area is 148 Å². The molecule has 1 aromatic heterocycles. The normalized spacial score (nSPS) is 10.5. The van der Waals surface area contributed by atoms with Crippen LogP contribution < -0.4 is 5.32 Å². The summed E-state index contributed by atoms with van der Waals surface area (Å²) < 4.78 is 1.82. The Bertz CT molecular complexity index is 952. The van der Waals surface area contributed by atoms with Gasteiger partial charge in [-0.2, -0.15) is 0 Å². The number of nitrogens with zero attached hydrogens (tertiary/aromatic N) is 2. The zero-order valence-electron chi connectivity index (χ0n) is 13.3. The molecule has 126 valence electrons. The minimum atomic E-state index is -0.500. The standard InChI is InChI=1S/C18H14ClN3O3/c1-12-14(5-4-6-16(12)22(24)25)18(23)20-15-8-7-13(19)11-17(15)21-9-2-3-10-21/h2-11H,1H3,(H,20,23). The first-order valence-corrected chi connectivity index (χ1v) is 7.83. The maximum absolute atomic E-state index is 12.6. The van der Waals surface area contributed by atoms with Crippen molar-refractivity contribution < 1.29 is 9.72 Å². The van der Waals surface area contributed by atoms with Gasteiger partial charge in [0.1, 0.15) is 0 Å². The highest BCUT2D eigenvalue weighted by Gasteiger charge is 2.19. The van der Waals surface area contributed by atoms with Gasteiger partial charge < -0.3 is 9.88 Å². The van der Waals surface area contributed by atoms with Crippen molar-refractivity contribution in [2.24, 2.45) is 0 Å². The summed E-state index contributed by atoms with van der Waals surface area (Å²) in [5.41, 5.74) is 1.74. The first-order valence-electron chi connectivity index (χ1n) is 7.45. The highest BCUT2D eigenvalue weighted by Crippen LogP contribution is 2.27. The van der Waals surface area contributed by atoms with Gasteiger partial charge in [0.15, 0.2) is 0 Å². The topological polar surface area (TPSA) is 77.2 Å². The lowest BCUT2D eigenvalue weighted by molar-refractivity contribution is -0.385. The van der Waals surface area contributed by atoms with Crippen LogP contribution in [-0.2, 0) is 0 Å². The predicted octanol–water partition coefficient (Wildman–Crippen LogP) is 4.60. The van der Waals surface area contributed by atoms with Gasteiger partial charge in [-0.25, -0.2) is 0 Å². The third-order valence-corrected chi connectivity index (χ3v) is 4.07. The molecule has 0 spiro atoms. The number of hydrogen-bond acceptors (Lipinski definition) is 3. The van der Waals surface area contributed by atoms with Crippen LogP contribution in [-0.4, -0.2) is 15.4 Å². The second kappa shape index (κ2) is 6.78. The molecule has 0 radical (unpaired) electrons. The lowest BCUT2D eigenvalue weighted by Crippen LogP contribution is -2.15. The monoisotopic (exact) mass is 355 g/mol. The first-order chi connectivity index (χ1) is 12.0. The predicted molar refractivity (Wildman–Crippen MR) is 96.6 cm³/mol. The van der Waals surface area contributed by atoms with Crippen molar-refractivity contribution in [3.8, 4) is 5.69 Å². The molecule has 0 fully saturated rings. The Morgan fingerprint density at radius 1 is 1.16 bits per heavy atom. The SMILES string of the molecule is Cc1c(C(=O)Nc2ccc(Cl)cc2-n2cccc2)cccc1[N+](=O)[O-]. The molecule has 0 saturated carbocycles. The summed E-state index contributed by atoms with van der Waals surface area (Å²) in [7, 11) is 0. The van der Waals surface area contributed by atoms with E-state index in [0.717, 1.165) is 0 Å². The number of aromatic nitrogens is 1. The van der Waals surface area contributed by atoms with E-state index in [1.807, 2.05) is 29.1 Å². The Morgan fingerprint density at radius 3 is 2.56 bits per heavy atom. The molecular weight excluding hydrogens is 342 g/mol. The zero-order valence-corrected chi connectivity index (χ0v) is 14.0. The number of rotatable bonds is 4. The van der Waals surface area contributed by atoms with Gasteiger partial charge in [-0.1, -0.05) is 17.7 Å². The summed E-state index contributed by atoms with van der Waals surface area (Å²) >= 11 is 6.07. The second-order valence-electron chi connectivity index (χ2n) is 5.41. The van der Waals surface area contributed by atoms with E-state index >= 15 is 0 Å². The van der Waals surface area contributed by atoms with Crippen LogP contribution in [0.5, 0.6) is 0 Å². The van der Waals surface area contributed by atoms with E-state index in [4.69, 9.17) is 11.6 Å². The fraction of sp³-hybridized carbons (Fsp3) is 0.0556. The second-order valence-corrected chi connectivity index (χ2v) is 5.85. The molecule has 0 bridgehead atoms. The van der Waals surface area contributed by atoms with E-state index in [-0.39, 0.29) is 11.3 Å². The van der Waals surface area contributed by atoms with Crippen LogP contribution in [0.4, 0.5) is 11.4 Å². The molecule has 0 aliphatic carbocycles. The molecule has 0 saturated heterocycles. The molecular formula is C18H14ClN3O3. The highest BCUT2D eigenvalue weighted by molar-refractivity contribution is 6.31. The Balaban J connectivity index is 1.98. The highest BCUT2D eigenvalue weighted by atomic mass is 35.5. The lowest BCUT2D eigenvalue weighted by atomic mass is 10.1. The quantitative estimate of drug-likeness (QED) is 0.548. The number of carbonyl (C=O) groups excluding carboxylic acids is 1. The fourth-order valence-electron chi connectivity index (χ4n) is 2.58. The number of hydrogen-bond donors (Lipinski definition) is 1. The van der Waals surface area contributed by atoms with Crippen molar-refractivity contribution in [3.05, 3.63) is 87.2 Å². The van der Waals surface area contributed by atoms with Gasteiger partial charge in [-0.05, 0) is 43.3 Å². The summed E-state index contributed by atoms with van der Waals surface area (Å²) in [4.78, 5) is 23.2. The number of nitro benzene ring substituents is 1. The maximum Gasteiger partial charge on any atom is 0.273 e. The number of amides is 1. The number of anilines is 1. The minimum Gasteiger partial charge on any atom is -0.322 e. The van der Waals surface area contributed by atoms with Gasteiger partial charge in [0.25, 0.3) is 11.6 Å². The third kappa shape index (κ3) is 3.39. The zero-order chi connectivity index (χ0) is 18.0. The summed E-state index contributed by atoms with van der Waals surface area (Å²) in [6, 6.07) is 13.2. The van der Waals surface area contributed by atoms with Crippen LogP contribution in [0, 0.1) is 17.0 Å². The van der Waals surface area contributed by atoms with E-state index in [1.54, 1.807) is 31.2 Å². The molecule has 0 aliphatic rings. The number of carbonyl (C=O) groups is 1. The molecule has 3 aromatic rings. The van der Waals surface area contributed by atoms with Gasteiger partial charge in [0.05, 0.1) is 16.3 Å². The smallest absolute Gasteiger partial charge is 0.273 e. The summed E-state index contributed by atoms with van der Waals surface area (Å²) in [5.74, 6) is -0.420. The van der Waals surface area contributed by atoms with Crippen LogP contribution >= 0.6 is 11.6 Å². The number of nitrogens with one attached hydrogen (secondary N) is 1. The Kier molecular flexibility index (Phi) is 4.54. The molecule has 1 N–H and O–H groups in total. The molecule has 0 aliphatic heterocycles. The molecule has 0 unspecified atom stereocenters. The first kappa shape index (κ1) is 16.7. The molecule has 3 rings (SSSR count). The van der Waals surface area contributed by atoms with E-state index in [0.29, 0.717) is 22.0 Å². The minimum absolute atomic E-state index is 0.0885. The fourth-order valence-corrected chi connectivity index (χ4v) is 2.74. The van der Waals surface area contributed by atoms with Gasteiger partial charge in [-0.15, -0.1) is 0 Å². The number of nitro groups is 1. The molecule has 1 amide bonds. The van der Waals surface area contributed by atoms with Crippen LogP contribution in [0.3, 0.4) is 0 Å². The molecule has 2 aromatic carbocycles. The van der Waals surface area contributed by atoms with E-state index in [1.165, 1.54) is 12.1 Å². The van der Waals surface area contributed by atoms with Crippen molar-refractivity contribution in [1.82, 2.24) is 4.57 Å². The van der Waals surface area contributed by atoms with Crippen LogP contribution in [0.1, 0.15) is 15.9 Å². The van der Waals surface area contributed by atoms with Crippen molar-refractivity contribution in [2.45, 2.75) is 6.92 Å². The van der Waals surface area contributed by atoms with Gasteiger partial charge in [0, 0.05) is 34.6 Å². The molecule has 7 heteroatoms. The Morgan fingerprint density at radius 2 is 1.88 bits per heavy atom. The average molecular weight is 356 g/mol. The van der Waals surface area contributed by atoms with Crippen LogP contribution in [0.15, 0.2) is 60.9 Å². The van der Waals surface area contributed by atoms with Gasteiger partial charge in [-0.3, -0.25) is 14.9 Å². The van der Waals surface area contributed by atoms with Crippen molar-refractivity contribution in [3.63, 3.8) is 0 Å². The van der Waals surface area contributed by atoms with Crippen LogP contribution in [0.25, 0.3) is 5.69 Å². The summed E-state index contributed by atoms with van der Waals surface area (Å²) in [5, 5.41) is 14.4. The lowest BCUT2D eigenvalue weighted by Gasteiger charge is -2.13. The largest absolute Gasteiger partial charge is 0.322 e. The molecule has 25 heavy (non-hydrogen) atoms. The molecule has 0 atom stereocenters. The molecule has 1 heterocycles. The van der Waals surface area contributed by atoms with Crippen molar-refractivity contribution in [2.75, 3.05) is 5.32 Å². The van der Waals surface area contributed by atoms with Crippen molar-refractivity contribution >= 4 is 28.9 Å². The summed E-state index contributed by atoms with van der Waals surface area (Å²) in [6.07, 6.45) is 3.67. The molecule has 6 nitrogen and oxygen atoms in total. The third-order valence-electron chi connectivity index (χ3n) is 3.84. The van der Waals surface area contributed by atoms with Crippen molar-refractivity contribution in [1.29, 1.82) is 0 Å². The summed E-state index contributed by atoms with van der Waals surface area (Å²) in [6.45, 7) is 1.56. The van der Waals surface area contributed by atoms with Gasteiger partial charge in [0.2, 0.25) is 0 Å².